The van der Waals surface area contributed by atoms with Crippen LogP contribution < -0.4 is 14.2 Å². The smallest absolute Gasteiger partial charge is 0.417 e. The molecule has 1 unspecified atom stereocenters. The zero-order valence-electron chi connectivity index (χ0n) is 17.9. The van der Waals surface area contributed by atoms with Gasteiger partial charge in [0, 0.05) is 30.3 Å². The number of ether oxygens (including phenoxy) is 3. The van der Waals surface area contributed by atoms with Gasteiger partial charge >= 0.3 is 6.18 Å². The van der Waals surface area contributed by atoms with Crippen molar-refractivity contribution in [1.29, 1.82) is 0 Å². The molecule has 184 valence electrons. The second-order valence-corrected chi connectivity index (χ2v) is 8.55. The van der Waals surface area contributed by atoms with Crippen molar-refractivity contribution in [3.63, 3.8) is 0 Å². The molecule has 0 spiro atoms. The highest BCUT2D eigenvalue weighted by molar-refractivity contribution is 6.55. The Morgan fingerprint density at radius 2 is 2.03 bits per heavy atom. The molecule has 34 heavy (non-hydrogen) atoms. The number of oxime groups is 1. The summed E-state index contributed by atoms with van der Waals surface area (Å²) in [5.41, 5.74) is 0.456. The topological polar surface area (TPSA) is 62.2 Å². The summed E-state index contributed by atoms with van der Waals surface area (Å²) < 4.78 is 54.3. The highest BCUT2D eigenvalue weighted by Gasteiger charge is 2.30. The fourth-order valence-corrected chi connectivity index (χ4v) is 3.55. The van der Waals surface area contributed by atoms with Crippen LogP contribution >= 0.6 is 34.8 Å². The first-order valence-electron chi connectivity index (χ1n) is 10.1. The molecule has 1 aliphatic rings. The molecule has 1 aromatic heterocycles. The molecule has 1 atom stereocenters. The maximum Gasteiger partial charge on any atom is 0.417 e. The van der Waals surface area contributed by atoms with E-state index in [0.29, 0.717) is 47.1 Å². The molecule has 0 saturated heterocycles. The summed E-state index contributed by atoms with van der Waals surface area (Å²) in [6, 6.07) is 5.47. The highest BCUT2D eigenvalue weighted by Crippen LogP contribution is 2.36. The molecule has 0 bridgehead atoms. The molecule has 0 fully saturated rings. The van der Waals surface area contributed by atoms with Gasteiger partial charge in [0.25, 0.3) is 0 Å². The van der Waals surface area contributed by atoms with E-state index < -0.39 is 11.7 Å². The molecule has 0 aliphatic carbocycles. The van der Waals surface area contributed by atoms with Gasteiger partial charge in [0.05, 0.1) is 30.0 Å². The molecule has 0 N–H and O–H groups in total. The zero-order chi connectivity index (χ0) is 24.7. The van der Waals surface area contributed by atoms with Crippen molar-refractivity contribution in [2.24, 2.45) is 5.16 Å². The van der Waals surface area contributed by atoms with Crippen molar-refractivity contribution in [2.75, 3.05) is 20.3 Å². The maximum absolute atomic E-state index is 12.6. The Kier molecular flexibility index (Phi) is 9.16. The van der Waals surface area contributed by atoms with Crippen molar-refractivity contribution in [3.8, 4) is 17.4 Å². The largest absolute Gasteiger partial charge is 0.494 e. The van der Waals surface area contributed by atoms with Crippen molar-refractivity contribution in [1.82, 2.24) is 4.98 Å². The summed E-state index contributed by atoms with van der Waals surface area (Å²) in [4.78, 5) is 9.21. The first-order chi connectivity index (χ1) is 16.2. The lowest BCUT2D eigenvalue weighted by Crippen LogP contribution is -2.12. The SMILES string of the molecule is COc1c(Cl)cc(OCC=C(Cl)Cl)cc1C1=NOC(CCCOc2ccc(C(F)(F)F)cn2)C1. The van der Waals surface area contributed by atoms with Gasteiger partial charge in [-0.1, -0.05) is 40.0 Å². The van der Waals surface area contributed by atoms with Crippen molar-refractivity contribution >= 4 is 40.5 Å². The molecule has 2 heterocycles. The predicted octanol–water partition coefficient (Wildman–Crippen LogP) is 6.81. The van der Waals surface area contributed by atoms with Crippen LogP contribution in [0.4, 0.5) is 13.2 Å². The molecule has 0 radical (unpaired) electrons. The van der Waals surface area contributed by atoms with E-state index >= 15 is 0 Å². The summed E-state index contributed by atoms with van der Waals surface area (Å²) in [7, 11) is 1.50. The molecular formula is C22H20Cl3F3N2O4. The summed E-state index contributed by atoms with van der Waals surface area (Å²) in [6.45, 7) is 0.423. The fourth-order valence-electron chi connectivity index (χ4n) is 3.14. The number of halogens is 6. The maximum atomic E-state index is 12.6. The molecular weight excluding hydrogens is 520 g/mol. The van der Waals surface area contributed by atoms with Gasteiger partial charge in [-0.3, -0.25) is 0 Å². The number of hydrogen-bond acceptors (Lipinski definition) is 6. The Morgan fingerprint density at radius 3 is 2.68 bits per heavy atom. The van der Waals surface area contributed by atoms with E-state index in [1.54, 1.807) is 12.1 Å². The Hall–Kier alpha value is -2.36. The van der Waals surface area contributed by atoms with Crippen LogP contribution in [0.2, 0.25) is 5.02 Å². The normalized spacial score (nSPS) is 15.4. The number of hydrogen-bond donors (Lipinski definition) is 0. The third-order valence-corrected chi connectivity index (χ3v) is 5.33. The second kappa shape index (κ2) is 11.9. The first-order valence-corrected chi connectivity index (χ1v) is 11.2. The van der Waals surface area contributed by atoms with Crippen LogP contribution in [0.25, 0.3) is 0 Å². The van der Waals surface area contributed by atoms with Gasteiger partial charge in [-0.15, -0.1) is 0 Å². The van der Waals surface area contributed by atoms with E-state index in [0.717, 1.165) is 12.3 Å². The Bertz CT molecular complexity index is 1040. The number of pyridine rings is 1. The van der Waals surface area contributed by atoms with Crippen LogP contribution in [0.3, 0.4) is 0 Å². The molecule has 2 aromatic rings. The van der Waals surface area contributed by atoms with Gasteiger partial charge in [-0.25, -0.2) is 4.98 Å². The second-order valence-electron chi connectivity index (χ2n) is 7.13. The minimum Gasteiger partial charge on any atom is -0.494 e. The van der Waals surface area contributed by atoms with Gasteiger partial charge in [-0.05, 0) is 31.1 Å². The summed E-state index contributed by atoms with van der Waals surface area (Å²) >= 11 is 17.5. The number of nitrogens with zero attached hydrogens (tertiary/aromatic N) is 2. The molecule has 1 aromatic carbocycles. The zero-order valence-corrected chi connectivity index (χ0v) is 20.1. The van der Waals surface area contributed by atoms with Gasteiger partial charge in [-0.2, -0.15) is 13.2 Å². The van der Waals surface area contributed by atoms with Crippen LogP contribution in [-0.4, -0.2) is 37.1 Å². The lowest BCUT2D eigenvalue weighted by molar-refractivity contribution is -0.137. The standard InChI is InChI=1S/C22H20Cl3F3N2O4/c1-31-21-16(9-15(10-17(21)23)32-8-6-19(24)25)18-11-14(34-30-18)3-2-7-33-20-5-4-13(12-29-20)22(26,27)28/h4-6,9-10,12,14H,2-3,7-8,11H2,1H3. The van der Waals surface area contributed by atoms with Crippen molar-refractivity contribution in [2.45, 2.75) is 31.5 Å². The summed E-state index contributed by atoms with van der Waals surface area (Å²) in [5.74, 6) is 1.05. The number of rotatable bonds is 10. The lowest BCUT2D eigenvalue weighted by atomic mass is 10.0. The van der Waals surface area contributed by atoms with Gasteiger partial charge in [0.1, 0.15) is 28.7 Å². The van der Waals surface area contributed by atoms with Crippen LogP contribution in [0.1, 0.15) is 30.4 Å². The van der Waals surface area contributed by atoms with E-state index in [-0.39, 0.29) is 29.7 Å². The predicted molar refractivity (Wildman–Crippen MR) is 123 cm³/mol. The quantitative estimate of drug-likeness (QED) is 0.310. The summed E-state index contributed by atoms with van der Waals surface area (Å²) in [6.07, 6.45) is -0.701. The third kappa shape index (κ3) is 7.32. The minimum absolute atomic E-state index is 0.0920. The molecule has 0 amide bonds. The Labute approximate surface area is 209 Å². The van der Waals surface area contributed by atoms with E-state index in [1.165, 1.54) is 19.3 Å². The Balaban J connectivity index is 1.52. The van der Waals surface area contributed by atoms with Gasteiger partial charge in [0.2, 0.25) is 5.88 Å². The molecule has 6 nitrogen and oxygen atoms in total. The monoisotopic (exact) mass is 538 g/mol. The Morgan fingerprint density at radius 1 is 1.24 bits per heavy atom. The van der Waals surface area contributed by atoms with Crippen molar-refractivity contribution in [3.05, 3.63) is 57.2 Å². The van der Waals surface area contributed by atoms with Crippen LogP contribution in [0, 0.1) is 0 Å². The third-order valence-electron chi connectivity index (χ3n) is 4.74. The molecule has 0 saturated carbocycles. The molecule has 12 heteroatoms. The average molecular weight is 540 g/mol. The highest BCUT2D eigenvalue weighted by atomic mass is 35.5. The van der Waals surface area contributed by atoms with Crippen LogP contribution in [0.15, 0.2) is 46.2 Å². The summed E-state index contributed by atoms with van der Waals surface area (Å²) in [5, 5.41) is 4.51. The fraction of sp³-hybridized carbons (Fsp3) is 0.364. The van der Waals surface area contributed by atoms with E-state index in [9.17, 15) is 13.2 Å². The number of methoxy groups -OCH3 is 1. The van der Waals surface area contributed by atoms with E-state index in [4.69, 9.17) is 53.9 Å². The number of aromatic nitrogens is 1. The van der Waals surface area contributed by atoms with E-state index in [1.807, 2.05) is 0 Å². The van der Waals surface area contributed by atoms with Crippen LogP contribution in [-0.2, 0) is 11.0 Å². The molecule has 3 rings (SSSR count). The van der Waals surface area contributed by atoms with Crippen molar-refractivity contribution < 1.29 is 32.2 Å². The number of alkyl halides is 3. The lowest BCUT2D eigenvalue weighted by Gasteiger charge is -2.13. The van der Waals surface area contributed by atoms with E-state index in [2.05, 4.69) is 10.1 Å². The number of benzene rings is 1. The first kappa shape index (κ1) is 26.2. The van der Waals surface area contributed by atoms with Gasteiger partial charge < -0.3 is 19.0 Å². The average Bonchev–Trinajstić information content (AvgIpc) is 3.25. The van der Waals surface area contributed by atoms with Gasteiger partial charge in [0.15, 0.2) is 0 Å². The molecule has 1 aliphatic heterocycles. The van der Waals surface area contributed by atoms with Crippen LogP contribution in [0.5, 0.6) is 17.4 Å². The minimum atomic E-state index is -4.43.